The van der Waals surface area contributed by atoms with Gasteiger partial charge in [0.2, 0.25) is 0 Å². The first-order valence-corrected chi connectivity index (χ1v) is 5.98. The molecule has 1 amide bonds. The maximum absolute atomic E-state index is 11.8. The molecular weight excluding hydrogens is 246 g/mol. The molecule has 0 aromatic heterocycles. The predicted molar refractivity (Wildman–Crippen MR) is 77.2 cm³/mol. The molecule has 1 saturated heterocycles. The van der Waals surface area contributed by atoms with Crippen molar-refractivity contribution in [2.45, 2.75) is 0 Å². The van der Waals surface area contributed by atoms with Crippen molar-refractivity contribution in [1.29, 1.82) is 0 Å². The largest absolute Gasteiger partial charge is 0.378 e. The van der Waals surface area contributed by atoms with Gasteiger partial charge in [-0.1, -0.05) is 12.1 Å². The second-order valence-electron chi connectivity index (χ2n) is 4.34. The predicted octanol–water partition coefficient (Wildman–Crippen LogP) is 1.44. The average molecular weight is 261 g/mol. The Kier molecular flexibility index (Phi) is 3.34. The summed E-state index contributed by atoms with van der Waals surface area (Å²) in [6.45, 7) is 0. The van der Waals surface area contributed by atoms with E-state index in [0.29, 0.717) is 10.8 Å². The Bertz CT molecular complexity index is 520. The number of amides is 1. The molecule has 1 heterocycles. The number of nitrogens with zero attached hydrogens (tertiary/aromatic N) is 2. The molecule has 0 atom stereocenters. The van der Waals surface area contributed by atoms with Crippen molar-refractivity contribution in [3.05, 3.63) is 35.5 Å². The Morgan fingerprint density at radius 3 is 2.33 bits per heavy atom. The van der Waals surface area contributed by atoms with Crippen molar-refractivity contribution in [3.8, 4) is 0 Å². The number of hydrogen-bond acceptors (Lipinski definition) is 3. The summed E-state index contributed by atoms with van der Waals surface area (Å²) in [5, 5.41) is 3.34. The van der Waals surface area contributed by atoms with Gasteiger partial charge in [-0.3, -0.25) is 9.69 Å². The number of thiocarbonyl (C=S) groups is 1. The lowest BCUT2D eigenvalue weighted by Gasteiger charge is -2.11. The summed E-state index contributed by atoms with van der Waals surface area (Å²) in [6, 6.07) is 7.96. The van der Waals surface area contributed by atoms with Gasteiger partial charge in [0.15, 0.2) is 5.11 Å². The van der Waals surface area contributed by atoms with Crippen LogP contribution in [0.25, 0.3) is 6.08 Å². The molecule has 1 fully saturated rings. The average Bonchev–Trinajstić information content (AvgIpc) is 2.58. The topological polar surface area (TPSA) is 35.6 Å². The van der Waals surface area contributed by atoms with E-state index >= 15 is 0 Å². The number of hydrogen-bond donors (Lipinski definition) is 1. The maximum Gasteiger partial charge on any atom is 0.276 e. The molecule has 1 aliphatic rings. The van der Waals surface area contributed by atoms with Crippen LogP contribution in [0.3, 0.4) is 0 Å². The first-order valence-electron chi connectivity index (χ1n) is 5.57. The SMILES string of the molecule is CN1C(=O)C(=Cc2ccc(N(C)C)cc2)NC1=S. The van der Waals surface area contributed by atoms with E-state index in [-0.39, 0.29) is 5.91 Å². The molecular formula is C13H15N3OS. The molecule has 1 aromatic rings. The third-order valence-electron chi connectivity index (χ3n) is 2.80. The van der Waals surface area contributed by atoms with E-state index in [9.17, 15) is 4.79 Å². The van der Waals surface area contributed by atoms with Crippen LogP contribution in [0.2, 0.25) is 0 Å². The van der Waals surface area contributed by atoms with E-state index in [4.69, 9.17) is 12.2 Å². The molecule has 18 heavy (non-hydrogen) atoms. The van der Waals surface area contributed by atoms with E-state index in [2.05, 4.69) is 5.32 Å². The van der Waals surface area contributed by atoms with Gasteiger partial charge in [0.1, 0.15) is 5.70 Å². The second kappa shape index (κ2) is 4.78. The summed E-state index contributed by atoms with van der Waals surface area (Å²) < 4.78 is 0. The normalized spacial score (nSPS) is 17.3. The van der Waals surface area contributed by atoms with Crippen LogP contribution in [0, 0.1) is 0 Å². The van der Waals surface area contributed by atoms with Crippen LogP contribution in [0.1, 0.15) is 5.56 Å². The van der Waals surface area contributed by atoms with Crippen molar-refractivity contribution in [2.24, 2.45) is 0 Å². The Labute approximate surface area is 112 Å². The number of likely N-dealkylation sites (N-methyl/N-ethyl adjacent to an activating group) is 1. The number of benzene rings is 1. The Morgan fingerprint density at radius 1 is 1.28 bits per heavy atom. The monoisotopic (exact) mass is 261 g/mol. The minimum atomic E-state index is -0.100. The van der Waals surface area contributed by atoms with Gasteiger partial charge in [-0.05, 0) is 36.0 Å². The molecule has 0 saturated carbocycles. The van der Waals surface area contributed by atoms with E-state index in [1.54, 1.807) is 13.1 Å². The number of nitrogens with one attached hydrogen (secondary N) is 1. The Morgan fingerprint density at radius 2 is 1.89 bits per heavy atom. The van der Waals surface area contributed by atoms with Crippen molar-refractivity contribution in [2.75, 3.05) is 26.0 Å². The van der Waals surface area contributed by atoms with Crippen LogP contribution in [-0.4, -0.2) is 37.1 Å². The van der Waals surface area contributed by atoms with Crippen molar-refractivity contribution >= 4 is 35.0 Å². The lowest BCUT2D eigenvalue weighted by atomic mass is 10.1. The first kappa shape index (κ1) is 12.6. The smallest absolute Gasteiger partial charge is 0.276 e. The van der Waals surface area contributed by atoms with E-state index < -0.39 is 0 Å². The molecule has 0 unspecified atom stereocenters. The molecule has 5 heteroatoms. The molecule has 0 spiro atoms. The molecule has 0 aliphatic carbocycles. The summed E-state index contributed by atoms with van der Waals surface area (Å²) >= 11 is 5.01. The van der Waals surface area contributed by atoms with Gasteiger partial charge in [-0.25, -0.2) is 0 Å². The summed E-state index contributed by atoms with van der Waals surface area (Å²) in [5.41, 5.74) is 2.60. The number of carbonyl (C=O) groups excluding carboxylic acids is 1. The highest BCUT2D eigenvalue weighted by Gasteiger charge is 2.26. The minimum absolute atomic E-state index is 0.100. The fraction of sp³-hybridized carbons (Fsp3) is 0.231. The summed E-state index contributed by atoms with van der Waals surface area (Å²) in [6.07, 6.45) is 1.80. The molecule has 1 aliphatic heterocycles. The van der Waals surface area contributed by atoms with Crippen molar-refractivity contribution < 1.29 is 4.79 Å². The fourth-order valence-corrected chi connectivity index (χ4v) is 1.85. The van der Waals surface area contributed by atoms with Crippen molar-refractivity contribution in [3.63, 3.8) is 0 Å². The van der Waals surface area contributed by atoms with Crippen LogP contribution in [0.5, 0.6) is 0 Å². The van der Waals surface area contributed by atoms with Gasteiger partial charge in [0.25, 0.3) is 5.91 Å². The van der Waals surface area contributed by atoms with E-state index in [1.165, 1.54) is 4.90 Å². The second-order valence-corrected chi connectivity index (χ2v) is 4.72. The first-order chi connectivity index (χ1) is 8.49. The van der Waals surface area contributed by atoms with Gasteiger partial charge in [0.05, 0.1) is 0 Å². The van der Waals surface area contributed by atoms with E-state index in [1.807, 2.05) is 43.3 Å². The van der Waals surface area contributed by atoms with Gasteiger partial charge >= 0.3 is 0 Å². The van der Waals surface area contributed by atoms with Crippen molar-refractivity contribution in [1.82, 2.24) is 10.2 Å². The molecule has 1 aromatic carbocycles. The van der Waals surface area contributed by atoms with Crippen LogP contribution in [-0.2, 0) is 4.79 Å². The minimum Gasteiger partial charge on any atom is -0.378 e. The van der Waals surface area contributed by atoms with E-state index in [0.717, 1.165) is 11.3 Å². The van der Waals surface area contributed by atoms with Crippen LogP contribution < -0.4 is 10.2 Å². The van der Waals surface area contributed by atoms with Gasteiger partial charge in [-0.15, -0.1) is 0 Å². The molecule has 4 nitrogen and oxygen atoms in total. The van der Waals surface area contributed by atoms with Gasteiger partial charge in [-0.2, -0.15) is 0 Å². The zero-order valence-electron chi connectivity index (χ0n) is 10.6. The highest BCUT2D eigenvalue weighted by atomic mass is 32.1. The van der Waals surface area contributed by atoms with Crippen LogP contribution in [0.4, 0.5) is 5.69 Å². The molecule has 94 valence electrons. The lowest BCUT2D eigenvalue weighted by molar-refractivity contribution is -0.121. The quantitative estimate of drug-likeness (QED) is 0.645. The fourth-order valence-electron chi connectivity index (χ4n) is 1.66. The number of rotatable bonds is 2. The number of anilines is 1. The summed E-state index contributed by atoms with van der Waals surface area (Å²) in [7, 11) is 5.64. The van der Waals surface area contributed by atoms with Gasteiger partial charge in [0, 0.05) is 26.8 Å². The molecule has 1 N–H and O–H groups in total. The maximum atomic E-state index is 11.8. The summed E-state index contributed by atoms with van der Waals surface area (Å²) in [4.78, 5) is 15.2. The highest BCUT2D eigenvalue weighted by molar-refractivity contribution is 7.80. The summed E-state index contributed by atoms with van der Waals surface area (Å²) in [5.74, 6) is -0.100. The van der Waals surface area contributed by atoms with Crippen LogP contribution >= 0.6 is 12.2 Å². The third-order valence-corrected chi connectivity index (χ3v) is 3.18. The number of carbonyl (C=O) groups is 1. The Hall–Kier alpha value is -1.88. The zero-order chi connectivity index (χ0) is 13.3. The lowest BCUT2D eigenvalue weighted by Crippen LogP contribution is -2.25. The third kappa shape index (κ3) is 2.36. The zero-order valence-corrected chi connectivity index (χ0v) is 11.4. The molecule has 0 bridgehead atoms. The van der Waals surface area contributed by atoms with Gasteiger partial charge < -0.3 is 10.2 Å². The standard InChI is InChI=1S/C13H15N3OS/c1-15(2)10-6-4-9(5-7-10)8-11-12(17)16(3)13(18)14-11/h4-8H,1-3H3,(H,14,18). The molecule has 2 rings (SSSR count). The molecule has 0 radical (unpaired) electrons. The van der Waals surface area contributed by atoms with Crippen LogP contribution in [0.15, 0.2) is 30.0 Å². The highest BCUT2D eigenvalue weighted by Crippen LogP contribution is 2.16. The Balaban J connectivity index is 2.24.